The zero-order valence-electron chi connectivity index (χ0n) is 16.3. The third-order valence-electron chi connectivity index (χ3n) is 9.17. The van der Waals surface area contributed by atoms with Gasteiger partial charge in [0.05, 0.1) is 6.10 Å². The highest BCUT2D eigenvalue weighted by atomic mass is 16.3. The molecule has 25 heavy (non-hydrogen) atoms. The van der Waals surface area contributed by atoms with Gasteiger partial charge in [0.25, 0.3) is 0 Å². The third kappa shape index (κ3) is 2.15. The van der Waals surface area contributed by atoms with Crippen molar-refractivity contribution >= 4 is 5.78 Å². The summed E-state index contributed by atoms with van der Waals surface area (Å²) >= 11 is 0. The topological polar surface area (TPSA) is 57.5 Å². The van der Waals surface area contributed by atoms with Crippen molar-refractivity contribution in [3.05, 3.63) is 11.1 Å². The molecule has 3 heteroatoms. The normalized spacial score (nSPS) is 52.4. The van der Waals surface area contributed by atoms with Crippen molar-refractivity contribution in [3.63, 3.8) is 0 Å². The first kappa shape index (κ1) is 17.7. The van der Waals surface area contributed by atoms with Gasteiger partial charge in [-0.25, -0.2) is 0 Å². The Kier molecular flexibility index (Phi) is 3.84. The van der Waals surface area contributed by atoms with Gasteiger partial charge in [0.1, 0.15) is 5.60 Å². The van der Waals surface area contributed by atoms with E-state index in [2.05, 4.69) is 20.8 Å². The number of fused-ring (bicyclic) bond motifs is 5. The van der Waals surface area contributed by atoms with E-state index in [1.54, 1.807) is 6.92 Å². The van der Waals surface area contributed by atoms with Crippen LogP contribution in [0.5, 0.6) is 0 Å². The second-order valence-corrected chi connectivity index (χ2v) is 10.1. The van der Waals surface area contributed by atoms with Crippen LogP contribution < -0.4 is 0 Å². The van der Waals surface area contributed by atoms with Crippen molar-refractivity contribution in [1.29, 1.82) is 0 Å². The number of carbonyl (C=O) groups is 1. The predicted molar refractivity (Wildman–Crippen MR) is 98.0 cm³/mol. The van der Waals surface area contributed by atoms with E-state index >= 15 is 0 Å². The van der Waals surface area contributed by atoms with Gasteiger partial charge >= 0.3 is 0 Å². The summed E-state index contributed by atoms with van der Waals surface area (Å²) in [6, 6.07) is 0. The molecule has 140 valence electrons. The average molecular weight is 347 g/mol. The van der Waals surface area contributed by atoms with Gasteiger partial charge in [-0.1, -0.05) is 25.0 Å². The molecule has 0 saturated heterocycles. The van der Waals surface area contributed by atoms with Crippen LogP contribution in [0.2, 0.25) is 0 Å². The van der Waals surface area contributed by atoms with Gasteiger partial charge in [0.2, 0.25) is 0 Å². The molecule has 3 nitrogen and oxygen atoms in total. The van der Waals surface area contributed by atoms with Crippen molar-refractivity contribution < 1.29 is 15.0 Å². The maximum atomic E-state index is 12.3. The maximum Gasteiger partial charge on any atom is 0.161 e. The molecule has 3 fully saturated rings. The fraction of sp³-hybridized carbons (Fsp3) is 0.864. The van der Waals surface area contributed by atoms with Crippen molar-refractivity contribution in [2.24, 2.45) is 28.6 Å². The molecule has 0 heterocycles. The van der Waals surface area contributed by atoms with Crippen LogP contribution in [0, 0.1) is 28.6 Å². The highest BCUT2D eigenvalue weighted by molar-refractivity contribution is 5.86. The lowest BCUT2D eigenvalue weighted by Crippen LogP contribution is -2.57. The van der Waals surface area contributed by atoms with Crippen LogP contribution in [-0.4, -0.2) is 27.7 Å². The fourth-order valence-corrected chi connectivity index (χ4v) is 7.69. The van der Waals surface area contributed by atoms with Crippen molar-refractivity contribution in [1.82, 2.24) is 0 Å². The number of aliphatic hydroxyl groups is 2. The summed E-state index contributed by atoms with van der Waals surface area (Å²) in [4.78, 5) is 12.3. The molecule has 0 bridgehead atoms. The van der Waals surface area contributed by atoms with Crippen molar-refractivity contribution in [3.8, 4) is 0 Å². The van der Waals surface area contributed by atoms with Crippen LogP contribution in [0.3, 0.4) is 0 Å². The van der Waals surface area contributed by atoms with Gasteiger partial charge in [-0.05, 0) is 88.4 Å². The minimum Gasteiger partial charge on any atom is -0.393 e. The Hall–Kier alpha value is -0.670. The quantitative estimate of drug-likeness (QED) is 0.705. The van der Waals surface area contributed by atoms with E-state index in [1.165, 1.54) is 11.1 Å². The molecular weight excluding hydrogens is 312 g/mol. The first-order valence-electron chi connectivity index (χ1n) is 10.2. The number of Topliss-reactive ketones (excluding diaryl/α,β-unsaturated/α-hetero) is 1. The molecule has 0 spiro atoms. The van der Waals surface area contributed by atoms with Crippen LogP contribution >= 0.6 is 0 Å². The van der Waals surface area contributed by atoms with E-state index in [9.17, 15) is 15.0 Å². The zero-order chi connectivity index (χ0) is 18.2. The molecular formula is C22H34O3. The van der Waals surface area contributed by atoms with Gasteiger partial charge in [0.15, 0.2) is 5.78 Å². The van der Waals surface area contributed by atoms with Gasteiger partial charge in [0, 0.05) is 5.41 Å². The molecule has 0 radical (unpaired) electrons. The molecule has 0 aromatic rings. The molecule has 3 saturated carbocycles. The van der Waals surface area contributed by atoms with Gasteiger partial charge in [-0.2, -0.15) is 0 Å². The molecule has 0 aromatic carbocycles. The molecule has 4 rings (SSSR count). The summed E-state index contributed by atoms with van der Waals surface area (Å²) in [7, 11) is 0. The van der Waals surface area contributed by atoms with Gasteiger partial charge in [-0.15, -0.1) is 0 Å². The summed E-state index contributed by atoms with van der Waals surface area (Å²) in [6.45, 7) is 8.46. The Morgan fingerprint density at radius 3 is 2.40 bits per heavy atom. The van der Waals surface area contributed by atoms with Crippen LogP contribution in [0.25, 0.3) is 0 Å². The first-order valence-corrected chi connectivity index (χ1v) is 10.2. The Labute approximate surface area is 151 Å². The number of ketones is 1. The lowest BCUT2D eigenvalue weighted by Gasteiger charge is -2.59. The lowest BCUT2D eigenvalue weighted by molar-refractivity contribution is -0.159. The molecule has 4 aliphatic carbocycles. The summed E-state index contributed by atoms with van der Waals surface area (Å²) < 4.78 is 0. The predicted octanol–water partition coefficient (Wildman–Crippen LogP) is 4.02. The van der Waals surface area contributed by atoms with E-state index in [0.717, 1.165) is 44.9 Å². The summed E-state index contributed by atoms with van der Waals surface area (Å²) in [5.74, 6) is 1.63. The largest absolute Gasteiger partial charge is 0.393 e. The van der Waals surface area contributed by atoms with Crippen molar-refractivity contribution in [2.45, 2.75) is 90.8 Å². The molecule has 0 aliphatic heterocycles. The fourth-order valence-electron chi connectivity index (χ4n) is 7.69. The van der Waals surface area contributed by atoms with Crippen LogP contribution in [-0.2, 0) is 4.79 Å². The van der Waals surface area contributed by atoms with E-state index in [4.69, 9.17) is 0 Å². The number of aliphatic hydroxyl groups excluding tert-OH is 1. The molecule has 0 aromatic heterocycles. The highest BCUT2D eigenvalue weighted by Gasteiger charge is 2.65. The summed E-state index contributed by atoms with van der Waals surface area (Å²) in [5, 5.41) is 21.4. The SMILES string of the molecule is CC(=O)[C@@]1(O)CC[C@H]2[C@@H]3CC(C)=C4CC(O)CC[C@]4(C)[C@H]3CC[C@@]21C. The smallest absolute Gasteiger partial charge is 0.161 e. The Morgan fingerprint density at radius 1 is 1.04 bits per heavy atom. The average Bonchev–Trinajstić information content (AvgIpc) is 2.83. The number of hydrogen-bond acceptors (Lipinski definition) is 3. The van der Waals surface area contributed by atoms with E-state index in [0.29, 0.717) is 24.2 Å². The second-order valence-electron chi connectivity index (χ2n) is 10.1. The number of carbonyl (C=O) groups excluding carboxylic acids is 1. The lowest BCUT2D eigenvalue weighted by atomic mass is 9.46. The standard InChI is InChI=1S/C22H34O3/c1-13-11-16-17(20(3)8-5-15(24)12-19(13)20)6-9-21(4)18(16)7-10-22(21,25)14(2)23/h15-18,24-25H,5-12H2,1-4H3/t15?,16-,17+,18+,20-,21+,22+/m1/s1. The Morgan fingerprint density at radius 2 is 1.72 bits per heavy atom. The zero-order valence-corrected chi connectivity index (χ0v) is 16.3. The second kappa shape index (κ2) is 5.42. The molecule has 7 atom stereocenters. The number of hydrogen-bond donors (Lipinski definition) is 2. The minimum atomic E-state index is -1.12. The Bertz CT molecular complexity index is 637. The van der Waals surface area contributed by atoms with E-state index in [1.807, 2.05) is 0 Å². The van der Waals surface area contributed by atoms with Gasteiger partial charge < -0.3 is 10.2 Å². The first-order chi connectivity index (χ1) is 11.6. The monoisotopic (exact) mass is 346 g/mol. The van der Waals surface area contributed by atoms with Crippen LogP contribution in [0.1, 0.15) is 79.1 Å². The van der Waals surface area contributed by atoms with Gasteiger partial charge in [-0.3, -0.25) is 4.79 Å². The molecule has 0 amide bonds. The van der Waals surface area contributed by atoms with Crippen molar-refractivity contribution in [2.75, 3.05) is 0 Å². The van der Waals surface area contributed by atoms with Crippen LogP contribution in [0.15, 0.2) is 11.1 Å². The van der Waals surface area contributed by atoms with E-state index < -0.39 is 5.60 Å². The maximum absolute atomic E-state index is 12.3. The number of rotatable bonds is 1. The third-order valence-corrected chi connectivity index (χ3v) is 9.17. The summed E-state index contributed by atoms with van der Waals surface area (Å²) in [5.41, 5.74) is 1.83. The summed E-state index contributed by atoms with van der Waals surface area (Å²) in [6.07, 6.45) is 7.46. The minimum absolute atomic E-state index is 0.0355. The highest BCUT2D eigenvalue weighted by Crippen LogP contribution is 2.68. The van der Waals surface area contributed by atoms with E-state index in [-0.39, 0.29) is 22.7 Å². The Balaban J connectivity index is 1.73. The van der Waals surface area contributed by atoms with Crippen LogP contribution in [0.4, 0.5) is 0 Å². The molecule has 1 unspecified atom stereocenters. The molecule has 2 N–H and O–H groups in total. The number of allylic oxidation sites excluding steroid dienone is 1. The molecule has 4 aliphatic rings.